The van der Waals surface area contributed by atoms with E-state index < -0.39 is 93.5 Å². The van der Waals surface area contributed by atoms with E-state index in [1.165, 1.54) is 45.9 Å². The SMILES string of the molecule is CC(=O)C[C@@]12COC1C[C@H](OC(=O)OC(C)(C)C)[C@@](C)(C(=O)[C@H](OC(C)=O)C1C(C)(C)C=C(C)C(=O)C(O)[C@@]1(O)[C@H](C)OC(=O)c1ccccc1)C2. The molecule has 0 amide bonds. The van der Waals surface area contributed by atoms with Crippen LogP contribution in [0.25, 0.3) is 0 Å². The predicted molar refractivity (Wildman–Crippen MR) is 185 cm³/mol. The molecule has 2 fully saturated rings. The lowest BCUT2D eigenvalue weighted by Crippen LogP contribution is -2.69. The monoisotopic (exact) mass is 728 g/mol. The van der Waals surface area contributed by atoms with Crippen LogP contribution in [0.2, 0.25) is 0 Å². The molecule has 13 nitrogen and oxygen atoms in total. The number of hydrogen-bond donors (Lipinski definition) is 2. The van der Waals surface area contributed by atoms with Gasteiger partial charge in [0.2, 0.25) is 0 Å². The highest BCUT2D eigenvalue weighted by Gasteiger charge is 2.68. The first-order valence-electron chi connectivity index (χ1n) is 17.5. The van der Waals surface area contributed by atoms with E-state index in [0.29, 0.717) is 0 Å². The minimum absolute atomic E-state index is 0.00883. The molecule has 3 aliphatic rings. The summed E-state index contributed by atoms with van der Waals surface area (Å²) in [7, 11) is 0. The van der Waals surface area contributed by atoms with E-state index >= 15 is 4.79 Å². The molecular weight excluding hydrogens is 676 g/mol. The Hall–Kier alpha value is -3.94. The molecule has 1 saturated carbocycles. The van der Waals surface area contributed by atoms with Crippen molar-refractivity contribution in [1.29, 1.82) is 0 Å². The molecule has 1 aromatic rings. The number of ether oxygens (including phenoxy) is 5. The van der Waals surface area contributed by atoms with E-state index in [0.717, 1.165) is 6.92 Å². The summed E-state index contributed by atoms with van der Waals surface area (Å²) in [4.78, 5) is 80.9. The highest BCUT2D eigenvalue weighted by Crippen LogP contribution is 2.58. The van der Waals surface area contributed by atoms with Crippen LogP contribution < -0.4 is 0 Å². The number of Topliss-reactive ketones (excluding diaryl/α,β-unsaturated/α-hetero) is 3. The fourth-order valence-corrected chi connectivity index (χ4v) is 8.45. The van der Waals surface area contributed by atoms with Gasteiger partial charge in [-0.3, -0.25) is 14.4 Å². The molecule has 286 valence electrons. The van der Waals surface area contributed by atoms with Crippen molar-refractivity contribution in [1.82, 2.24) is 0 Å². The fraction of sp³-hybridized carbons (Fsp3) is 0.641. The number of ketones is 3. The van der Waals surface area contributed by atoms with Crippen molar-refractivity contribution < 1.29 is 62.7 Å². The Morgan fingerprint density at radius 3 is 2.15 bits per heavy atom. The first kappa shape index (κ1) is 40.8. The van der Waals surface area contributed by atoms with Crippen LogP contribution in [0.1, 0.15) is 98.9 Å². The van der Waals surface area contributed by atoms with E-state index in [1.807, 2.05) is 0 Å². The molecule has 1 heterocycles. The number of esters is 2. The number of carbonyl (C=O) groups is 6. The average Bonchev–Trinajstić information content (AvgIpc) is 3.06. The number of rotatable bonds is 10. The summed E-state index contributed by atoms with van der Waals surface area (Å²) in [6, 6.07) is 7.86. The summed E-state index contributed by atoms with van der Waals surface area (Å²) in [5.74, 6) is -5.29. The molecule has 3 unspecified atom stereocenters. The van der Waals surface area contributed by atoms with Gasteiger partial charge in [-0.05, 0) is 78.0 Å². The minimum Gasteiger partial charge on any atom is -0.456 e. The predicted octanol–water partition coefficient (Wildman–Crippen LogP) is 4.48. The Labute approximate surface area is 304 Å². The topological polar surface area (TPSA) is 189 Å². The lowest BCUT2D eigenvalue weighted by molar-refractivity contribution is -0.255. The highest BCUT2D eigenvalue weighted by atomic mass is 16.7. The van der Waals surface area contributed by atoms with Crippen LogP contribution in [0.5, 0.6) is 0 Å². The van der Waals surface area contributed by atoms with Crippen molar-refractivity contribution >= 4 is 35.4 Å². The van der Waals surface area contributed by atoms with E-state index in [9.17, 15) is 34.2 Å². The van der Waals surface area contributed by atoms with E-state index in [1.54, 1.807) is 52.8 Å². The van der Waals surface area contributed by atoms with Crippen LogP contribution in [0.15, 0.2) is 42.0 Å². The van der Waals surface area contributed by atoms with Gasteiger partial charge in [0, 0.05) is 31.1 Å². The number of aliphatic hydroxyl groups is 2. The van der Waals surface area contributed by atoms with Gasteiger partial charge >= 0.3 is 18.1 Å². The lowest BCUT2D eigenvalue weighted by Gasteiger charge is -2.59. The number of carbonyl (C=O) groups excluding carboxylic acids is 6. The summed E-state index contributed by atoms with van der Waals surface area (Å²) in [5, 5.41) is 24.5. The number of aliphatic hydroxyl groups excluding tert-OH is 1. The largest absolute Gasteiger partial charge is 0.509 e. The molecule has 9 atom stereocenters. The molecule has 2 N–H and O–H groups in total. The Balaban J connectivity index is 1.90. The second-order valence-corrected chi connectivity index (χ2v) is 16.5. The van der Waals surface area contributed by atoms with Crippen molar-refractivity contribution in [2.45, 2.75) is 130 Å². The first-order valence-corrected chi connectivity index (χ1v) is 17.5. The van der Waals surface area contributed by atoms with Gasteiger partial charge in [-0.1, -0.05) is 38.1 Å². The van der Waals surface area contributed by atoms with E-state index in [-0.39, 0.29) is 42.8 Å². The van der Waals surface area contributed by atoms with E-state index in [2.05, 4.69) is 0 Å². The van der Waals surface area contributed by atoms with Gasteiger partial charge in [0.05, 0.1) is 23.7 Å². The first-order chi connectivity index (χ1) is 23.9. The zero-order chi connectivity index (χ0) is 39.2. The van der Waals surface area contributed by atoms with E-state index in [4.69, 9.17) is 23.7 Å². The van der Waals surface area contributed by atoms with Gasteiger partial charge in [-0.25, -0.2) is 9.59 Å². The number of hydrogen-bond acceptors (Lipinski definition) is 13. The Bertz CT molecular complexity index is 1620. The molecule has 13 heteroatoms. The molecule has 0 radical (unpaired) electrons. The zero-order valence-electron chi connectivity index (χ0n) is 31.6. The maximum atomic E-state index is 15.4. The third-order valence-corrected chi connectivity index (χ3v) is 10.7. The van der Waals surface area contributed by atoms with Crippen LogP contribution in [-0.4, -0.2) is 94.0 Å². The summed E-state index contributed by atoms with van der Waals surface area (Å²) in [5.41, 5.74) is -7.44. The van der Waals surface area contributed by atoms with Crippen LogP contribution in [-0.2, 0) is 42.9 Å². The van der Waals surface area contributed by atoms with Gasteiger partial charge in [0.25, 0.3) is 0 Å². The second-order valence-electron chi connectivity index (χ2n) is 16.5. The average molecular weight is 729 g/mol. The van der Waals surface area contributed by atoms with Gasteiger partial charge in [0.15, 0.2) is 17.7 Å². The summed E-state index contributed by atoms with van der Waals surface area (Å²) in [6.07, 6.45) is -7.19. The van der Waals surface area contributed by atoms with Gasteiger partial charge in [0.1, 0.15) is 35.3 Å². The van der Waals surface area contributed by atoms with Crippen molar-refractivity contribution in [3.05, 3.63) is 47.5 Å². The van der Waals surface area contributed by atoms with Crippen LogP contribution >= 0.6 is 0 Å². The van der Waals surface area contributed by atoms with Gasteiger partial charge in [-0.2, -0.15) is 0 Å². The second kappa shape index (κ2) is 14.5. The number of fused-ring (bicyclic) bond motifs is 1. The highest BCUT2D eigenvalue weighted by molar-refractivity contribution is 6.00. The standard InChI is InChI=1S/C39H52O13/c1-21-17-36(8,9)30(39(47,31(43)28(21)42)23(3)49-33(45)25-14-12-11-13-15-25)29(50-24(4)41)32(44)37(10)19-38(18-22(2)40)20-48-27(38)16-26(37)51-34(46)52-35(5,6)7/h11-15,17,23,26-27,29-31,43,47H,16,18-20H2,1-10H3/t23-,26-,27?,29+,30?,31?,37-,38+,39+/m0/s1. The molecule has 0 bridgehead atoms. The lowest BCUT2D eigenvalue weighted by atomic mass is 9.53. The molecule has 4 rings (SSSR count). The van der Waals surface area contributed by atoms with Gasteiger partial charge < -0.3 is 38.7 Å². The maximum Gasteiger partial charge on any atom is 0.509 e. The number of allylic oxidation sites excluding steroid dienone is 1. The van der Waals surface area contributed by atoms with Crippen molar-refractivity contribution in [2.75, 3.05) is 6.61 Å². The molecule has 1 saturated heterocycles. The normalized spacial score (nSPS) is 32.4. The fourth-order valence-electron chi connectivity index (χ4n) is 8.45. The van der Waals surface area contributed by atoms with Crippen LogP contribution in [0.4, 0.5) is 4.79 Å². The third-order valence-electron chi connectivity index (χ3n) is 10.7. The number of benzene rings is 1. The molecule has 0 aromatic heterocycles. The Kier molecular flexibility index (Phi) is 11.4. The van der Waals surface area contributed by atoms with Crippen molar-refractivity contribution in [2.24, 2.45) is 22.2 Å². The smallest absolute Gasteiger partial charge is 0.456 e. The molecule has 1 aliphatic heterocycles. The molecule has 52 heavy (non-hydrogen) atoms. The quantitative estimate of drug-likeness (QED) is 0.254. The molecule has 2 aliphatic carbocycles. The molecule has 1 aromatic carbocycles. The summed E-state index contributed by atoms with van der Waals surface area (Å²) in [6.45, 7) is 15.0. The minimum atomic E-state index is -2.74. The maximum absolute atomic E-state index is 15.4. The summed E-state index contributed by atoms with van der Waals surface area (Å²) >= 11 is 0. The zero-order valence-corrected chi connectivity index (χ0v) is 31.6. The third kappa shape index (κ3) is 7.86. The molecular formula is C39H52O13. The van der Waals surface area contributed by atoms with Crippen LogP contribution in [0, 0.1) is 22.2 Å². The Morgan fingerprint density at radius 1 is 1.02 bits per heavy atom. The van der Waals surface area contributed by atoms with Gasteiger partial charge in [-0.15, -0.1) is 0 Å². The van der Waals surface area contributed by atoms with Crippen molar-refractivity contribution in [3.63, 3.8) is 0 Å². The molecule has 0 spiro atoms. The van der Waals surface area contributed by atoms with Crippen LogP contribution in [0.3, 0.4) is 0 Å². The summed E-state index contributed by atoms with van der Waals surface area (Å²) < 4.78 is 28.7. The Morgan fingerprint density at radius 2 is 1.63 bits per heavy atom. The van der Waals surface area contributed by atoms with Crippen molar-refractivity contribution in [3.8, 4) is 0 Å².